The molecule has 0 aliphatic carbocycles. The molecule has 0 unspecified atom stereocenters. The minimum Gasteiger partial charge on any atom is -0.466 e. The van der Waals surface area contributed by atoms with Gasteiger partial charge in [-0.05, 0) is 19.3 Å². The Kier molecular flexibility index (Phi) is 7.40. The number of esters is 4. The molecule has 1 aromatic heterocycles. The zero-order valence-corrected chi connectivity index (χ0v) is 16.9. The number of methoxy groups -OCH3 is 4. The minimum atomic E-state index is -0.850. The van der Waals surface area contributed by atoms with Crippen LogP contribution >= 0.6 is 0 Å². The van der Waals surface area contributed by atoms with Gasteiger partial charge in [0.05, 0.1) is 40.1 Å². The molecule has 0 atom stereocenters. The second-order valence-electron chi connectivity index (χ2n) is 6.19. The number of carbonyl (C=O) groups excluding carboxylic acids is 4. The molecule has 0 radical (unpaired) electrons. The molecule has 1 fully saturated rings. The van der Waals surface area contributed by atoms with Gasteiger partial charge in [0.1, 0.15) is 17.1 Å². The highest BCUT2D eigenvalue weighted by Gasteiger charge is 2.33. The molecule has 2 heterocycles. The van der Waals surface area contributed by atoms with Crippen molar-refractivity contribution in [3.63, 3.8) is 0 Å². The van der Waals surface area contributed by atoms with E-state index in [0.29, 0.717) is 13.1 Å². The van der Waals surface area contributed by atoms with Gasteiger partial charge in [-0.1, -0.05) is 0 Å². The first-order valence-electron chi connectivity index (χ1n) is 8.94. The second kappa shape index (κ2) is 9.76. The molecular weight excluding hydrogens is 384 g/mol. The molecule has 0 aromatic carbocycles. The standard InChI is InChI=1S/C19H24N2O8/c1-26-14(22)10-13(18(24)28-3)21-11-12(17(23)27-2)15(19(25)29-4)16(21)20-8-6-5-7-9-20/h10-11H,5-9H2,1-4H3/b13-10-. The van der Waals surface area contributed by atoms with Crippen LogP contribution in [-0.2, 0) is 28.5 Å². The Morgan fingerprint density at radius 2 is 1.48 bits per heavy atom. The number of hydrogen-bond donors (Lipinski definition) is 0. The van der Waals surface area contributed by atoms with E-state index in [2.05, 4.69) is 4.74 Å². The van der Waals surface area contributed by atoms with Crippen LogP contribution in [-0.4, -0.2) is 70.0 Å². The molecule has 1 aromatic rings. The summed E-state index contributed by atoms with van der Waals surface area (Å²) >= 11 is 0. The smallest absolute Gasteiger partial charge is 0.355 e. The van der Waals surface area contributed by atoms with Crippen molar-refractivity contribution in [2.24, 2.45) is 0 Å². The number of piperidine rings is 1. The molecule has 0 saturated carbocycles. The maximum absolute atomic E-state index is 12.6. The molecule has 1 saturated heterocycles. The third kappa shape index (κ3) is 4.58. The fraction of sp³-hybridized carbons (Fsp3) is 0.474. The summed E-state index contributed by atoms with van der Waals surface area (Å²) in [5.41, 5.74) is -0.374. The van der Waals surface area contributed by atoms with Crippen LogP contribution in [0.15, 0.2) is 12.3 Å². The second-order valence-corrected chi connectivity index (χ2v) is 6.19. The van der Waals surface area contributed by atoms with Gasteiger partial charge in [0.2, 0.25) is 0 Å². The number of rotatable bonds is 6. The summed E-state index contributed by atoms with van der Waals surface area (Å²) in [5, 5.41) is 0. The highest BCUT2D eigenvalue weighted by Crippen LogP contribution is 2.33. The monoisotopic (exact) mass is 408 g/mol. The van der Waals surface area contributed by atoms with E-state index in [0.717, 1.165) is 39.6 Å². The van der Waals surface area contributed by atoms with Crippen LogP contribution in [0.1, 0.15) is 40.0 Å². The first-order valence-corrected chi connectivity index (χ1v) is 8.94. The molecule has 0 N–H and O–H groups in total. The normalized spacial score (nSPS) is 14.2. The van der Waals surface area contributed by atoms with Gasteiger partial charge >= 0.3 is 23.9 Å². The lowest BCUT2D eigenvalue weighted by atomic mass is 10.1. The van der Waals surface area contributed by atoms with E-state index in [1.165, 1.54) is 25.0 Å². The Morgan fingerprint density at radius 1 is 0.862 bits per heavy atom. The van der Waals surface area contributed by atoms with Crippen LogP contribution in [0.5, 0.6) is 0 Å². The molecule has 10 heteroatoms. The third-order valence-electron chi connectivity index (χ3n) is 4.54. The van der Waals surface area contributed by atoms with Gasteiger partial charge in [0.25, 0.3) is 0 Å². The van der Waals surface area contributed by atoms with Crippen LogP contribution in [0.2, 0.25) is 0 Å². The van der Waals surface area contributed by atoms with Crippen molar-refractivity contribution < 1.29 is 38.1 Å². The maximum atomic E-state index is 12.6. The van der Waals surface area contributed by atoms with Crippen molar-refractivity contribution in [3.05, 3.63) is 23.4 Å². The lowest BCUT2D eigenvalue weighted by Crippen LogP contribution is -2.33. The zero-order chi connectivity index (χ0) is 21.6. The van der Waals surface area contributed by atoms with Crippen LogP contribution in [0, 0.1) is 0 Å². The molecule has 10 nitrogen and oxygen atoms in total. The highest BCUT2D eigenvalue weighted by molar-refractivity contribution is 6.17. The number of hydrogen-bond acceptors (Lipinski definition) is 9. The Morgan fingerprint density at radius 3 is 2.00 bits per heavy atom. The summed E-state index contributed by atoms with van der Waals surface area (Å²) in [4.78, 5) is 51.1. The lowest BCUT2D eigenvalue weighted by Gasteiger charge is -2.30. The van der Waals surface area contributed by atoms with Crippen molar-refractivity contribution in [1.82, 2.24) is 4.57 Å². The molecule has 1 aliphatic heterocycles. The molecule has 0 amide bonds. The SMILES string of the molecule is COC(=O)/C=C(/C(=O)OC)n1cc(C(=O)OC)c(C(=O)OC)c1N1CCCCC1. The van der Waals surface area contributed by atoms with Crippen molar-refractivity contribution in [2.75, 3.05) is 46.4 Å². The molecular formula is C19H24N2O8. The van der Waals surface area contributed by atoms with Gasteiger partial charge in [0, 0.05) is 19.3 Å². The van der Waals surface area contributed by atoms with E-state index in [1.54, 1.807) is 0 Å². The minimum absolute atomic E-state index is 0.0547. The Balaban J connectivity index is 2.83. The van der Waals surface area contributed by atoms with Crippen molar-refractivity contribution >= 4 is 35.4 Å². The van der Waals surface area contributed by atoms with Gasteiger partial charge in [-0.15, -0.1) is 0 Å². The van der Waals surface area contributed by atoms with Gasteiger partial charge in [0.15, 0.2) is 0 Å². The molecule has 0 bridgehead atoms. The summed E-state index contributed by atoms with van der Waals surface area (Å²) in [6.07, 6.45) is 4.91. The number of carbonyl (C=O) groups is 4. The van der Waals surface area contributed by atoms with E-state index in [4.69, 9.17) is 14.2 Å². The predicted molar refractivity (Wildman–Crippen MR) is 101 cm³/mol. The summed E-state index contributed by atoms with van der Waals surface area (Å²) < 4.78 is 20.3. The first kappa shape index (κ1) is 22.0. The van der Waals surface area contributed by atoms with Gasteiger partial charge in [-0.3, -0.25) is 4.57 Å². The van der Waals surface area contributed by atoms with E-state index >= 15 is 0 Å². The van der Waals surface area contributed by atoms with Crippen molar-refractivity contribution in [3.8, 4) is 0 Å². The maximum Gasteiger partial charge on any atom is 0.355 e. The molecule has 29 heavy (non-hydrogen) atoms. The average molecular weight is 408 g/mol. The van der Waals surface area contributed by atoms with Gasteiger partial charge in [-0.25, -0.2) is 19.2 Å². The van der Waals surface area contributed by atoms with Crippen molar-refractivity contribution in [1.29, 1.82) is 0 Å². The number of anilines is 1. The topological polar surface area (TPSA) is 113 Å². The van der Waals surface area contributed by atoms with Crippen LogP contribution in [0.4, 0.5) is 5.82 Å². The lowest BCUT2D eigenvalue weighted by molar-refractivity contribution is -0.137. The third-order valence-corrected chi connectivity index (χ3v) is 4.54. The Bertz CT molecular complexity index is 834. The fourth-order valence-electron chi connectivity index (χ4n) is 3.17. The van der Waals surface area contributed by atoms with Crippen LogP contribution in [0.3, 0.4) is 0 Å². The molecule has 0 spiro atoms. The van der Waals surface area contributed by atoms with Crippen LogP contribution in [0.25, 0.3) is 5.70 Å². The predicted octanol–water partition coefficient (Wildman–Crippen LogP) is 1.24. The summed E-state index contributed by atoms with van der Waals surface area (Å²) in [6, 6.07) is 0. The van der Waals surface area contributed by atoms with E-state index in [-0.39, 0.29) is 22.6 Å². The fourth-order valence-corrected chi connectivity index (χ4v) is 3.17. The average Bonchev–Trinajstić information content (AvgIpc) is 3.16. The van der Waals surface area contributed by atoms with E-state index in [9.17, 15) is 19.2 Å². The van der Waals surface area contributed by atoms with Crippen molar-refractivity contribution in [2.45, 2.75) is 19.3 Å². The van der Waals surface area contributed by atoms with E-state index in [1.807, 2.05) is 4.90 Å². The molecule has 2 rings (SSSR count). The highest BCUT2D eigenvalue weighted by atomic mass is 16.5. The van der Waals surface area contributed by atoms with Crippen LogP contribution < -0.4 is 4.90 Å². The Hall–Kier alpha value is -3.30. The quantitative estimate of drug-likeness (QED) is 0.390. The molecule has 1 aliphatic rings. The number of aromatic nitrogens is 1. The number of ether oxygens (including phenoxy) is 4. The van der Waals surface area contributed by atoms with Gasteiger partial charge < -0.3 is 23.8 Å². The molecule has 158 valence electrons. The van der Waals surface area contributed by atoms with E-state index < -0.39 is 23.9 Å². The Labute approximate surface area is 167 Å². The zero-order valence-electron chi connectivity index (χ0n) is 16.9. The first-order chi connectivity index (χ1) is 13.9. The summed E-state index contributed by atoms with van der Waals surface area (Å²) in [6.45, 7) is 1.17. The number of nitrogens with zero attached hydrogens (tertiary/aromatic N) is 2. The summed E-state index contributed by atoms with van der Waals surface area (Å²) in [5.74, 6) is -2.96. The van der Waals surface area contributed by atoms with Gasteiger partial charge in [-0.2, -0.15) is 0 Å². The summed E-state index contributed by atoms with van der Waals surface area (Å²) in [7, 11) is 4.67. The largest absolute Gasteiger partial charge is 0.466 e.